The molecule has 0 aromatic carbocycles. The van der Waals surface area contributed by atoms with Gasteiger partial charge in [0.25, 0.3) is 0 Å². The molecule has 1 saturated heterocycles. The molecule has 0 radical (unpaired) electrons. The van der Waals surface area contributed by atoms with Crippen molar-refractivity contribution in [2.75, 3.05) is 52.4 Å². The van der Waals surface area contributed by atoms with Crippen LogP contribution in [-0.2, 0) is 4.79 Å². The Morgan fingerprint density at radius 3 is 2.09 bits per heavy atom. The van der Waals surface area contributed by atoms with E-state index < -0.39 is 0 Å². The molecule has 0 aromatic rings. The minimum atomic E-state index is -0.0102. The summed E-state index contributed by atoms with van der Waals surface area (Å²) in [4.78, 5) is 30.1. The van der Waals surface area contributed by atoms with Gasteiger partial charge in [-0.15, -0.1) is 0 Å². The molecule has 22 heavy (non-hydrogen) atoms. The first-order valence-electron chi connectivity index (χ1n) is 8.50. The Hall–Kier alpha value is -1.30. The molecule has 0 atom stereocenters. The third-order valence-electron chi connectivity index (χ3n) is 4.12. The fraction of sp³-hybridized carbons (Fsp3) is 0.875. The summed E-state index contributed by atoms with van der Waals surface area (Å²) >= 11 is 0. The Bertz CT molecular complexity index is 348. The molecule has 0 spiro atoms. The average Bonchev–Trinajstić information content (AvgIpc) is 2.53. The number of amides is 3. The number of carbonyl (C=O) groups excluding carboxylic acids is 2. The van der Waals surface area contributed by atoms with Crippen molar-refractivity contribution in [3.63, 3.8) is 0 Å². The van der Waals surface area contributed by atoms with Gasteiger partial charge in [0.1, 0.15) is 0 Å². The Morgan fingerprint density at radius 2 is 1.59 bits per heavy atom. The van der Waals surface area contributed by atoms with Gasteiger partial charge in [0.15, 0.2) is 0 Å². The Morgan fingerprint density at radius 1 is 1.05 bits per heavy atom. The van der Waals surface area contributed by atoms with Crippen molar-refractivity contribution in [1.29, 1.82) is 0 Å². The average molecular weight is 312 g/mol. The maximum atomic E-state index is 12.2. The number of rotatable bonds is 7. The fourth-order valence-electron chi connectivity index (χ4n) is 2.51. The Balaban J connectivity index is 2.29. The molecule has 3 amide bonds. The molecular weight excluding hydrogens is 280 g/mol. The summed E-state index contributed by atoms with van der Waals surface area (Å²) in [5.41, 5.74) is 0. The van der Waals surface area contributed by atoms with Crippen LogP contribution in [0.4, 0.5) is 4.79 Å². The minimum absolute atomic E-state index is 0.0102. The van der Waals surface area contributed by atoms with Crippen molar-refractivity contribution in [1.82, 2.24) is 20.0 Å². The molecule has 128 valence electrons. The van der Waals surface area contributed by atoms with Gasteiger partial charge in [-0.1, -0.05) is 27.7 Å². The standard InChI is InChI=1S/C16H32N4O2/c1-5-18(6-2)8-7-15(21)19-9-11-20(12-10-19)16(22)17-13-14(3)4/h14H,5-13H2,1-4H3,(H,17,22). The lowest BCUT2D eigenvalue weighted by Crippen LogP contribution is -2.53. The topological polar surface area (TPSA) is 55.9 Å². The SMILES string of the molecule is CCN(CC)CCC(=O)N1CCN(C(=O)NCC(C)C)CC1. The van der Waals surface area contributed by atoms with Crippen molar-refractivity contribution < 1.29 is 9.59 Å². The van der Waals surface area contributed by atoms with E-state index in [9.17, 15) is 9.59 Å². The van der Waals surface area contributed by atoms with Crippen LogP contribution in [0.3, 0.4) is 0 Å². The molecule has 0 unspecified atom stereocenters. The summed E-state index contributed by atoms with van der Waals surface area (Å²) in [6.45, 7) is 14.4. The van der Waals surface area contributed by atoms with Gasteiger partial charge in [-0.2, -0.15) is 0 Å². The monoisotopic (exact) mass is 312 g/mol. The second kappa shape index (κ2) is 9.66. The van der Waals surface area contributed by atoms with Crippen LogP contribution < -0.4 is 5.32 Å². The molecule has 1 aliphatic heterocycles. The molecule has 1 rings (SSSR count). The lowest BCUT2D eigenvalue weighted by molar-refractivity contribution is -0.132. The summed E-state index contributed by atoms with van der Waals surface area (Å²) in [5.74, 6) is 0.654. The van der Waals surface area contributed by atoms with Crippen molar-refractivity contribution in [3.8, 4) is 0 Å². The van der Waals surface area contributed by atoms with Gasteiger partial charge in [-0.05, 0) is 19.0 Å². The number of hydrogen-bond donors (Lipinski definition) is 1. The zero-order valence-electron chi connectivity index (χ0n) is 14.6. The summed E-state index contributed by atoms with van der Waals surface area (Å²) < 4.78 is 0. The summed E-state index contributed by atoms with van der Waals surface area (Å²) in [6, 6.07) is -0.0102. The molecule has 0 aromatic heterocycles. The quantitative estimate of drug-likeness (QED) is 0.769. The van der Waals surface area contributed by atoms with Crippen LogP contribution in [0.2, 0.25) is 0 Å². The van der Waals surface area contributed by atoms with Crippen LogP contribution in [0.25, 0.3) is 0 Å². The van der Waals surface area contributed by atoms with Crippen molar-refractivity contribution in [3.05, 3.63) is 0 Å². The summed E-state index contributed by atoms with van der Waals surface area (Å²) in [6.07, 6.45) is 0.571. The third kappa shape index (κ3) is 6.22. The highest BCUT2D eigenvalue weighted by molar-refractivity contribution is 5.77. The molecule has 6 nitrogen and oxygen atoms in total. The van der Waals surface area contributed by atoms with Crippen molar-refractivity contribution in [2.24, 2.45) is 5.92 Å². The second-order valence-corrected chi connectivity index (χ2v) is 6.22. The lowest BCUT2D eigenvalue weighted by Gasteiger charge is -2.35. The van der Waals surface area contributed by atoms with Gasteiger partial charge in [0.2, 0.25) is 5.91 Å². The van der Waals surface area contributed by atoms with Gasteiger partial charge in [-0.25, -0.2) is 4.79 Å². The van der Waals surface area contributed by atoms with Gasteiger partial charge in [0.05, 0.1) is 0 Å². The van der Waals surface area contributed by atoms with E-state index in [0.717, 1.165) is 19.6 Å². The summed E-state index contributed by atoms with van der Waals surface area (Å²) in [5, 5.41) is 2.93. The fourth-order valence-corrected chi connectivity index (χ4v) is 2.51. The molecule has 1 N–H and O–H groups in total. The van der Waals surface area contributed by atoms with E-state index in [1.807, 2.05) is 4.90 Å². The van der Waals surface area contributed by atoms with E-state index in [1.165, 1.54) is 0 Å². The number of carbonyl (C=O) groups is 2. The number of hydrogen-bond acceptors (Lipinski definition) is 3. The van der Waals surface area contributed by atoms with E-state index in [0.29, 0.717) is 45.1 Å². The summed E-state index contributed by atoms with van der Waals surface area (Å²) in [7, 11) is 0. The van der Waals surface area contributed by atoms with E-state index >= 15 is 0 Å². The zero-order valence-corrected chi connectivity index (χ0v) is 14.6. The van der Waals surface area contributed by atoms with E-state index in [4.69, 9.17) is 0 Å². The minimum Gasteiger partial charge on any atom is -0.339 e. The predicted octanol–water partition coefficient (Wildman–Crippen LogP) is 1.23. The number of urea groups is 1. The Kier molecular flexibility index (Phi) is 8.24. The van der Waals surface area contributed by atoms with Gasteiger partial charge < -0.3 is 20.0 Å². The highest BCUT2D eigenvalue weighted by atomic mass is 16.2. The molecule has 0 bridgehead atoms. The van der Waals surface area contributed by atoms with Crippen LogP contribution in [-0.4, -0.2) is 79.0 Å². The van der Waals surface area contributed by atoms with Crippen LogP contribution in [0.15, 0.2) is 0 Å². The first-order valence-corrected chi connectivity index (χ1v) is 8.50. The van der Waals surface area contributed by atoms with E-state index in [2.05, 4.69) is 37.9 Å². The normalized spacial score (nSPS) is 15.5. The smallest absolute Gasteiger partial charge is 0.317 e. The highest BCUT2D eigenvalue weighted by Crippen LogP contribution is 2.05. The zero-order chi connectivity index (χ0) is 16.5. The molecule has 6 heteroatoms. The molecule has 0 saturated carbocycles. The molecule has 1 aliphatic rings. The Labute approximate surface area is 134 Å². The first kappa shape index (κ1) is 18.7. The predicted molar refractivity (Wildman–Crippen MR) is 88.8 cm³/mol. The maximum absolute atomic E-state index is 12.2. The van der Waals surface area contributed by atoms with Crippen LogP contribution in [0, 0.1) is 5.92 Å². The maximum Gasteiger partial charge on any atom is 0.317 e. The first-order chi connectivity index (χ1) is 10.5. The molecule has 1 fully saturated rings. The second-order valence-electron chi connectivity index (χ2n) is 6.22. The van der Waals surface area contributed by atoms with Crippen LogP contribution in [0.5, 0.6) is 0 Å². The van der Waals surface area contributed by atoms with Gasteiger partial charge >= 0.3 is 6.03 Å². The van der Waals surface area contributed by atoms with Crippen LogP contribution in [0.1, 0.15) is 34.1 Å². The van der Waals surface area contributed by atoms with Gasteiger partial charge in [0, 0.05) is 45.7 Å². The largest absolute Gasteiger partial charge is 0.339 e. The van der Waals surface area contributed by atoms with Gasteiger partial charge in [-0.3, -0.25) is 4.79 Å². The van der Waals surface area contributed by atoms with Crippen LogP contribution >= 0.6 is 0 Å². The number of nitrogens with zero attached hydrogens (tertiary/aromatic N) is 3. The molecule has 1 heterocycles. The third-order valence-corrected chi connectivity index (χ3v) is 4.12. The highest BCUT2D eigenvalue weighted by Gasteiger charge is 2.23. The van der Waals surface area contributed by atoms with E-state index in [-0.39, 0.29) is 11.9 Å². The molecule has 0 aliphatic carbocycles. The number of piperazine rings is 1. The van der Waals surface area contributed by atoms with E-state index in [1.54, 1.807) is 4.90 Å². The molecular formula is C16H32N4O2. The lowest BCUT2D eigenvalue weighted by atomic mass is 10.2. The number of nitrogens with one attached hydrogen (secondary N) is 1. The van der Waals surface area contributed by atoms with Crippen molar-refractivity contribution >= 4 is 11.9 Å². The van der Waals surface area contributed by atoms with Crippen molar-refractivity contribution in [2.45, 2.75) is 34.1 Å².